The van der Waals surface area contributed by atoms with E-state index < -0.39 is 5.82 Å². The smallest absolute Gasteiger partial charge is 0.351 e. The molecular formula is C20H22FN5O2. The maximum Gasteiger partial charge on any atom is 0.351 e. The summed E-state index contributed by atoms with van der Waals surface area (Å²) in [5.74, 6) is 0.699. The number of benzene rings is 2. The lowest BCUT2D eigenvalue weighted by Gasteiger charge is -2.08. The fourth-order valence-electron chi connectivity index (χ4n) is 3.42. The standard InChI is InChI=1S/C20H22FN5O2/c1-13-24-26(17-6-4-15(5-7-17)16-10-22-23-11-16)20(27)25(13)12-14-3-8-19(28-2)18(21)9-14/h3-9,16,22-23H,10-12H2,1-2H3. The van der Waals surface area contributed by atoms with Gasteiger partial charge in [-0.3, -0.25) is 15.4 Å². The molecule has 0 bridgehead atoms. The van der Waals surface area contributed by atoms with Crippen LogP contribution in [0.25, 0.3) is 5.69 Å². The molecule has 7 nitrogen and oxygen atoms in total. The van der Waals surface area contributed by atoms with Crippen LogP contribution in [-0.4, -0.2) is 34.5 Å². The number of halogens is 1. The van der Waals surface area contributed by atoms with Crippen molar-refractivity contribution in [2.24, 2.45) is 0 Å². The Hall–Kier alpha value is -2.97. The van der Waals surface area contributed by atoms with E-state index in [2.05, 4.69) is 16.0 Å². The normalized spacial score (nSPS) is 14.5. The number of methoxy groups -OCH3 is 1. The predicted molar refractivity (Wildman–Crippen MR) is 103 cm³/mol. The van der Waals surface area contributed by atoms with Crippen molar-refractivity contribution >= 4 is 0 Å². The number of hydrogen-bond donors (Lipinski definition) is 2. The summed E-state index contributed by atoms with van der Waals surface area (Å²) in [6.07, 6.45) is 0. The SMILES string of the molecule is COc1ccc(Cn2c(C)nn(-c3ccc(C4CNNC4)cc3)c2=O)cc1F. The summed E-state index contributed by atoms with van der Waals surface area (Å²) in [5.41, 5.74) is 8.55. The fourth-order valence-corrected chi connectivity index (χ4v) is 3.42. The molecule has 1 saturated heterocycles. The van der Waals surface area contributed by atoms with E-state index in [9.17, 15) is 9.18 Å². The number of hydrazine groups is 1. The van der Waals surface area contributed by atoms with E-state index in [1.54, 1.807) is 19.1 Å². The second kappa shape index (κ2) is 7.57. The third-order valence-corrected chi connectivity index (χ3v) is 5.04. The lowest BCUT2D eigenvalue weighted by Crippen LogP contribution is -2.24. The monoisotopic (exact) mass is 383 g/mol. The molecule has 0 spiro atoms. The third-order valence-electron chi connectivity index (χ3n) is 5.04. The molecule has 4 rings (SSSR count). The minimum absolute atomic E-state index is 0.177. The zero-order valence-corrected chi connectivity index (χ0v) is 15.8. The first kappa shape index (κ1) is 18.4. The van der Waals surface area contributed by atoms with Gasteiger partial charge in [0.25, 0.3) is 0 Å². The van der Waals surface area contributed by atoms with E-state index >= 15 is 0 Å². The minimum Gasteiger partial charge on any atom is -0.494 e. The highest BCUT2D eigenvalue weighted by atomic mass is 19.1. The van der Waals surface area contributed by atoms with Crippen molar-refractivity contribution in [3.05, 3.63) is 75.7 Å². The molecule has 0 atom stereocenters. The zero-order chi connectivity index (χ0) is 19.7. The van der Waals surface area contributed by atoms with Gasteiger partial charge in [0.1, 0.15) is 5.82 Å². The van der Waals surface area contributed by atoms with Crippen molar-refractivity contribution in [2.45, 2.75) is 19.4 Å². The summed E-state index contributed by atoms with van der Waals surface area (Å²) >= 11 is 0. The fraction of sp³-hybridized carbons (Fsp3) is 0.300. The van der Waals surface area contributed by atoms with Gasteiger partial charge in [-0.05, 0) is 42.3 Å². The average Bonchev–Trinajstić information content (AvgIpc) is 3.33. The van der Waals surface area contributed by atoms with Gasteiger partial charge in [0.05, 0.1) is 19.3 Å². The van der Waals surface area contributed by atoms with E-state index in [1.165, 1.54) is 28.0 Å². The highest BCUT2D eigenvalue weighted by Crippen LogP contribution is 2.19. The highest BCUT2D eigenvalue weighted by molar-refractivity contribution is 5.36. The molecule has 28 heavy (non-hydrogen) atoms. The molecule has 0 saturated carbocycles. The quantitative estimate of drug-likeness (QED) is 0.702. The van der Waals surface area contributed by atoms with Crippen LogP contribution in [0.15, 0.2) is 47.3 Å². The van der Waals surface area contributed by atoms with Crippen LogP contribution in [0.2, 0.25) is 0 Å². The topological polar surface area (TPSA) is 73.1 Å². The first-order valence-electron chi connectivity index (χ1n) is 9.11. The van der Waals surface area contributed by atoms with Crippen molar-refractivity contribution in [1.82, 2.24) is 25.2 Å². The maximum absolute atomic E-state index is 13.9. The van der Waals surface area contributed by atoms with Crippen LogP contribution in [0.4, 0.5) is 4.39 Å². The van der Waals surface area contributed by atoms with E-state index in [4.69, 9.17) is 4.74 Å². The van der Waals surface area contributed by atoms with Crippen LogP contribution in [0.1, 0.15) is 22.9 Å². The van der Waals surface area contributed by atoms with Crippen LogP contribution in [0.5, 0.6) is 5.75 Å². The summed E-state index contributed by atoms with van der Waals surface area (Å²) in [4.78, 5) is 12.9. The Morgan fingerprint density at radius 1 is 1.18 bits per heavy atom. The number of hydrogen-bond acceptors (Lipinski definition) is 5. The minimum atomic E-state index is -0.454. The number of nitrogens with zero attached hydrogens (tertiary/aromatic N) is 3. The first-order valence-corrected chi connectivity index (χ1v) is 9.11. The van der Waals surface area contributed by atoms with Crippen molar-refractivity contribution < 1.29 is 9.13 Å². The average molecular weight is 383 g/mol. The molecule has 0 amide bonds. The molecule has 0 unspecified atom stereocenters. The van der Waals surface area contributed by atoms with Crippen LogP contribution in [0, 0.1) is 12.7 Å². The lowest BCUT2D eigenvalue weighted by atomic mass is 10.0. The second-order valence-corrected chi connectivity index (χ2v) is 6.85. The molecular weight excluding hydrogens is 361 g/mol. The molecule has 0 radical (unpaired) electrons. The zero-order valence-electron chi connectivity index (χ0n) is 15.8. The molecule has 1 fully saturated rings. The van der Waals surface area contributed by atoms with Gasteiger partial charge in [-0.25, -0.2) is 9.18 Å². The van der Waals surface area contributed by atoms with Gasteiger partial charge in [0.15, 0.2) is 11.6 Å². The molecule has 2 heterocycles. The van der Waals surface area contributed by atoms with Crippen LogP contribution >= 0.6 is 0 Å². The number of rotatable bonds is 5. The van der Waals surface area contributed by atoms with Crippen molar-refractivity contribution in [2.75, 3.05) is 20.2 Å². The Morgan fingerprint density at radius 2 is 1.89 bits per heavy atom. The second-order valence-electron chi connectivity index (χ2n) is 6.85. The van der Waals surface area contributed by atoms with Crippen LogP contribution in [-0.2, 0) is 6.54 Å². The number of ether oxygens (including phenoxy) is 1. The van der Waals surface area contributed by atoms with Crippen LogP contribution in [0.3, 0.4) is 0 Å². The van der Waals surface area contributed by atoms with E-state index in [1.807, 2.05) is 24.3 Å². The molecule has 146 valence electrons. The molecule has 8 heteroatoms. The maximum atomic E-state index is 13.9. The van der Waals surface area contributed by atoms with Gasteiger partial charge in [0.2, 0.25) is 0 Å². The van der Waals surface area contributed by atoms with E-state index in [0.29, 0.717) is 23.0 Å². The van der Waals surface area contributed by atoms with Gasteiger partial charge in [0, 0.05) is 19.0 Å². The Labute approximate surface area is 161 Å². The third kappa shape index (κ3) is 3.44. The van der Waals surface area contributed by atoms with Crippen molar-refractivity contribution in [3.8, 4) is 11.4 Å². The predicted octanol–water partition coefficient (Wildman–Crippen LogP) is 1.73. The summed E-state index contributed by atoms with van der Waals surface area (Å²) in [6, 6.07) is 12.5. The molecule has 2 aromatic carbocycles. The van der Waals surface area contributed by atoms with Gasteiger partial charge in [-0.15, -0.1) is 0 Å². The van der Waals surface area contributed by atoms with E-state index in [0.717, 1.165) is 13.1 Å². The van der Waals surface area contributed by atoms with Crippen molar-refractivity contribution in [1.29, 1.82) is 0 Å². The summed E-state index contributed by atoms with van der Waals surface area (Å²) in [7, 11) is 1.42. The number of aromatic nitrogens is 3. The molecule has 0 aliphatic carbocycles. The Bertz CT molecular complexity index is 1040. The molecule has 1 aliphatic rings. The Kier molecular flexibility index (Phi) is 4.97. The Morgan fingerprint density at radius 3 is 2.54 bits per heavy atom. The van der Waals surface area contributed by atoms with Gasteiger partial charge < -0.3 is 4.74 Å². The van der Waals surface area contributed by atoms with Gasteiger partial charge in [-0.2, -0.15) is 9.78 Å². The highest BCUT2D eigenvalue weighted by Gasteiger charge is 2.17. The van der Waals surface area contributed by atoms with Gasteiger partial charge in [-0.1, -0.05) is 18.2 Å². The van der Waals surface area contributed by atoms with Crippen LogP contribution < -0.4 is 21.3 Å². The largest absolute Gasteiger partial charge is 0.494 e. The Balaban J connectivity index is 1.60. The lowest BCUT2D eigenvalue weighted by molar-refractivity contribution is 0.386. The number of aryl methyl sites for hydroxylation is 1. The van der Waals surface area contributed by atoms with E-state index in [-0.39, 0.29) is 18.0 Å². The molecule has 1 aromatic heterocycles. The summed E-state index contributed by atoms with van der Waals surface area (Å²) < 4.78 is 21.8. The van der Waals surface area contributed by atoms with Crippen molar-refractivity contribution in [3.63, 3.8) is 0 Å². The van der Waals surface area contributed by atoms with Gasteiger partial charge >= 0.3 is 5.69 Å². The summed E-state index contributed by atoms with van der Waals surface area (Å²) in [6.45, 7) is 3.77. The molecule has 1 aliphatic heterocycles. The molecule has 3 aromatic rings. The molecule has 2 N–H and O–H groups in total. The first-order chi connectivity index (χ1) is 13.6. The summed E-state index contributed by atoms with van der Waals surface area (Å²) in [5, 5.41) is 4.38. The number of nitrogens with one attached hydrogen (secondary N) is 2.